The summed E-state index contributed by atoms with van der Waals surface area (Å²) >= 11 is 7.26. The lowest BCUT2D eigenvalue weighted by atomic mass is 9.98. The molecule has 0 fully saturated rings. The van der Waals surface area contributed by atoms with Crippen LogP contribution < -0.4 is 10.2 Å². The Labute approximate surface area is 285 Å². The number of hydrogen-bond donors (Lipinski definition) is 1. The van der Waals surface area contributed by atoms with Crippen molar-refractivity contribution in [3.05, 3.63) is 111 Å². The van der Waals surface area contributed by atoms with Crippen molar-refractivity contribution in [1.82, 2.24) is 5.32 Å². The molecule has 1 atom stereocenters. The number of carbonyl (C=O) groups excluding carboxylic acids is 3. The molecule has 1 aromatic heterocycles. The van der Waals surface area contributed by atoms with Gasteiger partial charge in [-0.2, -0.15) is 24.5 Å². The molecule has 3 aromatic carbocycles. The number of nitrogens with one attached hydrogen (secondary N) is 1. The van der Waals surface area contributed by atoms with Gasteiger partial charge >= 0.3 is 18.2 Å². The Hall–Kier alpha value is -4.35. The molecule has 1 unspecified atom stereocenters. The fourth-order valence-electron chi connectivity index (χ4n) is 5.69. The van der Waals surface area contributed by atoms with Gasteiger partial charge < -0.3 is 14.8 Å². The first-order valence-corrected chi connectivity index (χ1v) is 16.6. The van der Waals surface area contributed by atoms with E-state index in [1.54, 1.807) is 37.6 Å². The summed E-state index contributed by atoms with van der Waals surface area (Å²) in [7, 11) is 0. The second kappa shape index (κ2) is 14.4. The third-order valence-electron chi connectivity index (χ3n) is 7.79. The predicted octanol–water partition coefficient (Wildman–Crippen LogP) is 8.64. The molecule has 0 saturated heterocycles. The van der Waals surface area contributed by atoms with Crippen LogP contribution in [0.1, 0.15) is 55.4 Å². The zero-order valence-corrected chi connectivity index (χ0v) is 28.0. The highest BCUT2D eigenvalue weighted by Crippen LogP contribution is 2.44. The number of alkyl halides is 3. The standard InChI is InChI=1S/C36H34ClF3N2O5S/c1-35(2,3)47-32(43)19-42(23-16-17-48-21-23)33(44)31(15-13-22-12-14-29(30(37)18-22)36(38,39)40)41-34(45)46-20-28-26-10-6-4-8-24(26)25-9-5-7-11-27(25)28/h4-12,14,16-18,21,28,31H,13,15,19-20H2,1-3H3,(H,41,45). The number of esters is 1. The number of nitrogens with zero attached hydrogens (tertiary/aromatic N) is 1. The van der Waals surface area contributed by atoms with E-state index >= 15 is 0 Å². The summed E-state index contributed by atoms with van der Waals surface area (Å²) in [6, 6.07) is 19.5. The number of anilines is 1. The van der Waals surface area contributed by atoms with Gasteiger partial charge in [0.05, 0.1) is 16.3 Å². The number of benzene rings is 3. The summed E-state index contributed by atoms with van der Waals surface area (Å²) in [4.78, 5) is 41.5. The quantitative estimate of drug-likeness (QED) is 0.168. The van der Waals surface area contributed by atoms with Crippen molar-refractivity contribution in [2.24, 2.45) is 0 Å². The molecule has 12 heteroatoms. The van der Waals surface area contributed by atoms with Gasteiger partial charge in [-0.05, 0) is 85.0 Å². The van der Waals surface area contributed by atoms with Crippen LogP contribution in [0.3, 0.4) is 0 Å². The number of thiophene rings is 1. The van der Waals surface area contributed by atoms with Gasteiger partial charge in [0, 0.05) is 11.3 Å². The van der Waals surface area contributed by atoms with Crippen molar-refractivity contribution in [2.75, 3.05) is 18.1 Å². The molecule has 48 heavy (non-hydrogen) atoms. The highest BCUT2D eigenvalue weighted by molar-refractivity contribution is 7.08. The lowest BCUT2D eigenvalue weighted by Gasteiger charge is -2.28. The van der Waals surface area contributed by atoms with E-state index in [1.807, 2.05) is 48.5 Å². The normalized spacial score (nSPS) is 13.3. The predicted molar refractivity (Wildman–Crippen MR) is 179 cm³/mol. The summed E-state index contributed by atoms with van der Waals surface area (Å²) in [5.41, 5.74) is 3.21. The molecule has 0 aliphatic heterocycles. The van der Waals surface area contributed by atoms with Crippen LogP contribution in [0.15, 0.2) is 83.6 Å². The zero-order chi connectivity index (χ0) is 34.6. The first-order valence-electron chi connectivity index (χ1n) is 15.2. The molecule has 2 amide bonds. The lowest BCUT2D eigenvalue weighted by Crippen LogP contribution is -2.51. The number of aryl methyl sites for hydroxylation is 1. The summed E-state index contributed by atoms with van der Waals surface area (Å²) in [6.07, 6.45) is -5.42. The lowest BCUT2D eigenvalue weighted by molar-refractivity contribution is -0.153. The second-order valence-electron chi connectivity index (χ2n) is 12.4. The maximum Gasteiger partial charge on any atom is 0.417 e. The van der Waals surface area contributed by atoms with E-state index in [0.717, 1.165) is 28.3 Å². The maximum atomic E-state index is 14.1. The zero-order valence-electron chi connectivity index (χ0n) is 26.5. The number of amides is 2. The SMILES string of the molecule is CC(C)(C)OC(=O)CN(C(=O)C(CCc1ccc(C(F)(F)F)c(Cl)c1)NC(=O)OCC1c2ccccc2-c2ccccc21)c1ccsc1. The van der Waals surface area contributed by atoms with Gasteiger partial charge in [0.1, 0.15) is 24.8 Å². The van der Waals surface area contributed by atoms with E-state index in [9.17, 15) is 27.6 Å². The molecular weight excluding hydrogens is 665 g/mol. The fourth-order valence-corrected chi connectivity index (χ4v) is 6.65. The third-order valence-corrected chi connectivity index (χ3v) is 8.77. The molecule has 0 saturated carbocycles. The minimum absolute atomic E-state index is 0.00142. The number of fused-ring (bicyclic) bond motifs is 3. The number of halogens is 4. The van der Waals surface area contributed by atoms with Crippen molar-refractivity contribution in [2.45, 2.75) is 57.3 Å². The largest absolute Gasteiger partial charge is 0.459 e. The molecule has 7 nitrogen and oxygen atoms in total. The summed E-state index contributed by atoms with van der Waals surface area (Å²) in [5, 5.41) is 5.61. The smallest absolute Gasteiger partial charge is 0.417 e. The minimum atomic E-state index is -4.62. The molecule has 1 heterocycles. The topological polar surface area (TPSA) is 84.9 Å². The van der Waals surface area contributed by atoms with Crippen LogP contribution in [0.2, 0.25) is 5.02 Å². The Balaban J connectivity index is 1.36. The molecule has 0 radical (unpaired) electrons. The molecule has 1 N–H and O–H groups in total. The molecule has 5 rings (SSSR count). The molecule has 0 bridgehead atoms. The number of hydrogen-bond acceptors (Lipinski definition) is 6. The number of ether oxygens (including phenoxy) is 2. The minimum Gasteiger partial charge on any atom is -0.459 e. The van der Waals surface area contributed by atoms with Gasteiger partial charge in [0.2, 0.25) is 5.91 Å². The maximum absolute atomic E-state index is 14.1. The first kappa shape index (κ1) is 35.0. The Bertz CT molecular complexity index is 1740. The average Bonchev–Trinajstić information content (AvgIpc) is 3.66. The second-order valence-corrected chi connectivity index (χ2v) is 13.6. The Kier molecular flexibility index (Phi) is 10.5. The van der Waals surface area contributed by atoms with Crippen LogP contribution in [-0.2, 0) is 31.7 Å². The summed E-state index contributed by atoms with van der Waals surface area (Å²) in [6.45, 7) is 4.69. The van der Waals surface area contributed by atoms with Crippen LogP contribution in [0.4, 0.5) is 23.7 Å². The highest BCUT2D eigenvalue weighted by Gasteiger charge is 2.34. The van der Waals surface area contributed by atoms with E-state index in [1.165, 1.54) is 28.4 Å². The molecule has 0 spiro atoms. The van der Waals surface area contributed by atoms with Crippen LogP contribution >= 0.6 is 22.9 Å². The van der Waals surface area contributed by atoms with Crippen molar-refractivity contribution >= 4 is 46.6 Å². The Morgan fingerprint density at radius 1 is 0.958 bits per heavy atom. The van der Waals surface area contributed by atoms with Crippen LogP contribution in [0.5, 0.6) is 0 Å². The molecular formula is C36H34ClF3N2O5S. The van der Waals surface area contributed by atoms with Crippen molar-refractivity contribution < 1.29 is 37.0 Å². The van der Waals surface area contributed by atoms with E-state index in [2.05, 4.69) is 5.32 Å². The first-order chi connectivity index (χ1) is 22.7. The van der Waals surface area contributed by atoms with E-state index in [4.69, 9.17) is 21.1 Å². The third kappa shape index (κ3) is 8.38. The van der Waals surface area contributed by atoms with Crippen LogP contribution in [0.25, 0.3) is 11.1 Å². The van der Waals surface area contributed by atoms with Gasteiger partial charge in [-0.3, -0.25) is 14.5 Å². The van der Waals surface area contributed by atoms with Gasteiger partial charge in [0.15, 0.2) is 0 Å². The monoisotopic (exact) mass is 698 g/mol. The van der Waals surface area contributed by atoms with Crippen molar-refractivity contribution in [1.29, 1.82) is 0 Å². The van der Waals surface area contributed by atoms with Crippen molar-refractivity contribution in [3.63, 3.8) is 0 Å². The molecule has 252 valence electrons. The average molecular weight is 699 g/mol. The highest BCUT2D eigenvalue weighted by atomic mass is 35.5. The van der Waals surface area contributed by atoms with Gasteiger partial charge in [-0.1, -0.05) is 66.2 Å². The van der Waals surface area contributed by atoms with E-state index in [-0.39, 0.29) is 25.4 Å². The molecule has 1 aliphatic carbocycles. The number of rotatable bonds is 10. The van der Waals surface area contributed by atoms with E-state index < -0.39 is 52.9 Å². The Morgan fingerprint density at radius 2 is 1.60 bits per heavy atom. The van der Waals surface area contributed by atoms with Crippen molar-refractivity contribution in [3.8, 4) is 11.1 Å². The van der Waals surface area contributed by atoms with Crippen LogP contribution in [-0.4, -0.2) is 42.8 Å². The van der Waals surface area contributed by atoms with Gasteiger partial charge in [-0.15, -0.1) is 0 Å². The Morgan fingerprint density at radius 3 is 2.17 bits per heavy atom. The summed E-state index contributed by atoms with van der Waals surface area (Å²) in [5.74, 6) is -1.50. The van der Waals surface area contributed by atoms with E-state index in [0.29, 0.717) is 11.3 Å². The molecule has 4 aromatic rings. The molecule has 1 aliphatic rings. The summed E-state index contributed by atoms with van der Waals surface area (Å²) < 4.78 is 51.0. The number of carbonyl (C=O) groups is 3. The fraction of sp³-hybridized carbons (Fsp3) is 0.306. The number of alkyl carbamates (subject to hydrolysis) is 1. The van der Waals surface area contributed by atoms with Gasteiger partial charge in [0.25, 0.3) is 0 Å². The van der Waals surface area contributed by atoms with Crippen LogP contribution in [0, 0.1) is 0 Å². The van der Waals surface area contributed by atoms with Gasteiger partial charge in [-0.25, -0.2) is 4.79 Å².